The predicted octanol–water partition coefficient (Wildman–Crippen LogP) is 3.46. The highest BCUT2D eigenvalue weighted by molar-refractivity contribution is 6.17. The summed E-state index contributed by atoms with van der Waals surface area (Å²) in [6.45, 7) is 13.0. The average molecular weight is 696 g/mol. The number of unbranched alkanes of at least 4 members (excludes halogenated alkanes) is 1. The molecule has 0 atom stereocenters. The van der Waals surface area contributed by atoms with Gasteiger partial charge >= 0.3 is 5.97 Å². The summed E-state index contributed by atoms with van der Waals surface area (Å²) in [6.07, 6.45) is 2.24. The Morgan fingerprint density at radius 3 is 1.15 bits per heavy atom. The molecule has 0 aliphatic carbocycles. The van der Waals surface area contributed by atoms with Crippen LogP contribution in [0.5, 0.6) is 0 Å². The maximum absolute atomic E-state index is 12.1. The van der Waals surface area contributed by atoms with Crippen molar-refractivity contribution in [3.05, 3.63) is 29.8 Å². The standard InChI is InChI=1S/C33H58ClNO12/c1-2-3-9-35-32-6-4-31(5-7-32)33(36)47-30-29-46-28-27-45-26-25-44-24-23-43-22-21-42-20-19-41-18-17-40-16-15-39-14-13-38-12-11-37-10-8-34/h4-7,35H,2-3,8-30H2,1H3. The number of nitrogens with one attached hydrogen (secondary N) is 1. The molecule has 274 valence electrons. The third-order valence-electron chi connectivity index (χ3n) is 6.01. The van der Waals surface area contributed by atoms with Gasteiger partial charge in [0, 0.05) is 18.1 Å². The van der Waals surface area contributed by atoms with Gasteiger partial charge in [0.05, 0.1) is 138 Å². The van der Waals surface area contributed by atoms with E-state index in [0.29, 0.717) is 144 Å². The fourth-order valence-corrected chi connectivity index (χ4v) is 3.66. The molecule has 1 aromatic rings. The van der Waals surface area contributed by atoms with Crippen LogP contribution in [0.1, 0.15) is 30.1 Å². The summed E-state index contributed by atoms with van der Waals surface area (Å²) in [4.78, 5) is 12.1. The first kappa shape index (κ1) is 43.4. The molecule has 0 aromatic heterocycles. The lowest BCUT2D eigenvalue weighted by molar-refractivity contribution is -0.0269. The van der Waals surface area contributed by atoms with Gasteiger partial charge in [0.15, 0.2) is 0 Å². The highest BCUT2D eigenvalue weighted by Gasteiger charge is 2.06. The van der Waals surface area contributed by atoms with Gasteiger partial charge in [-0.05, 0) is 30.7 Å². The highest BCUT2D eigenvalue weighted by atomic mass is 35.5. The first-order valence-corrected chi connectivity index (χ1v) is 17.2. The second-order valence-corrected chi connectivity index (χ2v) is 10.2. The van der Waals surface area contributed by atoms with E-state index in [-0.39, 0.29) is 12.6 Å². The molecule has 0 saturated carbocycles. The Kier molecular flexibility index (Phi) is 32.9. The first-order valence-electron chi connectivity index (χ1n) is 16.6. The molecule has 1 rings (SSSR count). The lowest BCUT2D eigenvalue weighted by Crippen LogP contribution is -2.15. The predicted molar refractivity (Wildman–Crippen MR) is 179 cm³/mol. The van der Waals surface area contributed by atoms with Gasteiger partial charge in [0.25, 0.3) is 0 Å². The molecule has 1 N–H and O–H groups in total. The Bertz CT molecular complexity index is 793. The molecule has 0 heterocycles. The third-order valence-corrected chi connectivity index (χ3v) is 6.16. The van der Waals surface area contributed by atoms with Gasteiger partial charge in [-0.15, -0.1) is 11.6 Å². The fraction of sp³-hybridized carbons (Fsp3) is 0.788. The van der Waals surface area contributed by atoms with Crippen LogP contribution < -0.4 is 5.32 Å². The zero-order valence-electron chi connectivity index (χ0n) is 28.3. The molecule has 0 aliphatic rings. The van der Waals surface area contributed by atoms with Crippen molar-refractivity contribution in [1.82, 2.24) is 0 Å². The van der Waals surface area contributed by atoms with Crippen molar-refractivity contribution in [3.8, 4) is 0 Å². The van der Waals surface area contributed by atoms with E-state index in [1.807, 2.05) is 12.1 Å². The van der Waals surface area contributed by atoms with Crippen molar-refractivity contribution in [2.45, 2.75) is 19.8 Å². The van der Waals surface area contributed by atoms with Crippen molar-refractivity contribution in [2.75, 3.05) is 156 Å². The molecule has 0 saturated heterocycles. The summed E-state index contributed by atoms with van der Waals surface area (Å²) in [6, 6.07) is 7.29. The third kappa shape index (κ3) is 30.2. The van der Waals surface area contributed by atoms with Crippen molar-refractivity contribution in [1.29, 1.82) is 0 Å². The molecule has 1 aromatic carbocycles. The molecular weight excluding hydrogens is 638 g/mol. The highest BCUT2D eigenvalue weighted by Crippen LogP contribution is 2.10. The summed E-state index contributed by atoms with van der Waals surface area (Å²) >= 11 is 5.51. The summed E-state index contributed by atoms with van der Waals surface area (Å²) in [5, 5.41) is 3.32. The van der Waals surface area contributed by atoms with Gasteiger partial charge < -0.3 is 57.4 Å². The van der Waals surface area contributed by atoms with E-state index in [2.05, 4.69) is 12.2 Å². The van der Waals surface area contributed by atoms with Crippen molar-refractivity contribution in [3.63, 3.8) is 0 Å². The number of halogens is 1. The Morgan fingerprint density at radius 1 is 0.511 bits per heavy atom. The van der Waals surface area contributed by atoms with E-state index >= 15 is 0 Å². The SMILES string of the molecule is CCCCNc1ccc(C(=O)OCCOCCOCCOCCOCCOCCOCCOCCOCCOCCOCCCl)cc1. The van der Waals surface area contributed by atoms with Gasteiger partial charge in [0.1, 0.15) is 6.61 Å². The number of esters is 1. The lowest BCUT2D eigenvalue weighted by atomic mass is 10.2. The summed E-state index contributed by atoms with van der Waals surface area (Å²) in [5.74, 6) is 0.133. The molecule has 0 fully saturated rings. The quantitative estimate of drug-likeness (QED) is 0.0620. The van der Waals surface area contributed by atoms with E-state index in [9.17, 15) is 4.79 Å². The minimum Gasteiger partial charge on any atom is -0.460 e. The zero-order chi connectivity index (χ0) is 33.7. The number of benzene rings is 1. The molecule has 0 spiro atoms. The van der Waals surface area contributed by atoms with Crippen LogP contribution in [0.2, 0.25) is 0 Å². The molecule has 13 nitrogen and oxygen atoms in total. The number of hydrogen-bond acceptors (Lipinski definition) is 13. The first-order chi connectivity index (χ1) is 23.3. The van der Waals surface area contributed by atoms with Crippen molar-refractivity contribution < 1.29 is 56.9 Å². The molecule has 0 aliphatic heterocycles. The monoisotopic (exact) mass is 695 g/mol. The number of carbonyl (C=O) groups excluding carboxylic acids is 1. The van der Waals surface area contributed by atoms with Crippen LogP contribution in [0, 0.1) is 0 Å². The van der Waals surface area contributed by atoms with Crippen molar-refractivity contribution >= 4 is 23.3 Å². The minimum absolute atomic E-state index is 0.190. The number of hydrogen-bond donors (Lipinski definition) is 1. The summed E-state index contributed by atoms with van der Waals surface area (Å²) < 4.78 is 59.5. The maximum atomic E-state index is 12.1. The van der Waals surface area contributed by atoms with Crippen LogP contribution >= 0.6 is 11.6 Å². The van der Waals surface area contributed by atoms with Gasteiger partial charge in [0.2, 0.25) is 0 Å². The summed E-state index contributed by atoms with van der Waals surface area (Å²) in [5.41, 5.74) is 1.51. The molecule has 0 bridgehead atoms. The maximum Gasteiger partial charge on any atom is 0.338 e. The van der Waals surface area contributed by atoms with Crippen LogP contribution in [-0.2, 0) is 52.1 Å². The molecule has 14 heteroatoms. The van der Waals surface area contributed by atoms with E-state index in [1.165, 1.54) is 0 Å². The van der Waals surface area contributed by atoms with Gasteiger partial charge in [-0.3, -0.25) is 0 Å². The van der Waals surface area contributed by atoms with Crippen LogP contribution in [0.4, 0.5) is 5.69 Å². The van der Waals surface area contributed by atoms with E-state index in [4.69, 9.17) is 63.7 Å². The van der Waals surface area contributed by atoms with Gasteiger partial charge in [-0.25, -0.2) is 4.79 Å². The van der Waals surface area contributed by atoms with Crippen LogP contribution in [-0.4, -0.2) is 157 Å². The van der Waals surface area contributed by atoms with E-state index in [0.717, 1.165) is 25.1 Å². The molecular formula is C33H58ClNO12. The van der Waals surface area contributed by atoms with Crippen molar-refractivity contribution in [2.24, 2.45) is 0 Å². The molecule has 47 heavy (non-hydrogen) atoms. The van der Waals surface area contributed by atoms with Gasteiger partial charge in [-0.1, -0.05) is 13.3 Å². The van der Waals surface area contributed by atoms with Gasteiger partial charge in [-0.2, -0.15) is 0 Å². The number of alkyl halides is 1. The topological polar surface area (TPSA) is 131 Å². The average Bonchev–Trinajstić information content (AvgIpc) is 3.09. The molecule has 0 radical (unpaired) electrons. The zero-order valence-corrected chi connectivity index (χ0v) is 29.0. The Balaban J connectivity index is 1.70. The minimum atomic E-state index is -0.361. The number of anilines is 1. The Morgan fingerprint density at radius 2 is 0.830 bits per heavy atom. The van der Waals surface area contributed by atoms with E-state index in [1.54, 1.807) is 12.1 Å². The molecule has 0 unspecified atom stereocenters. The normalized spacial score (nSPS) is 11.3. The molecule has 0 amide bonds. The second-order valence-electron chi connectivity index (χ2n) is 9.81. The van der Waals surface area contributed by atoms with Crippen LogP contribution in [0.15, 0.2) is 24.3 Å². The van der Waals surface area contributed by atoms with Crippen LogP contribution in [0.25, 0.3) is 0 Å². The Hall–Kier alpha value is -1.62. The number of ether oxygens (including phenoxy) is 11. The van der Waals surface area contributed by atoms with E-state index < -0.39 is 0 Å². The fourth-order valence-electron chi connectivity index (χ4n) is 3.55. The second kappa shape index (κ2) is 35.7. The number of carbonyl (C=O) groups is 1. The lowest BCUT2D eigenvalue weighted by Gasteiger charge is -2.09. The number of rotatable bonds is 37. The largest absolute Gasteiger partial charge is 0.460 e. The Labute approximate surface area is 286 Å². The van der Waals surface area contributed by atoms with Crippen LogP contribution in [0.3, 0.4) is 0 Å². The summed E-state index contributed by atoms with van der Waals surface area (Å²) in [7, 11) is 0. The smallest absolute Gasteiger partial charge is 0.338 e.